The minimum atomic E-state index is -0.744. The molecule has 0 spiro atoms. The zero-order chi connectivity index (χ0) is 21.1. The summed E-state index contributed by atoms with van der Waals surface area (Å²) >= 11 is 1.65. The van der Waals surface area contributed by atoms with Crippen LogP contribution in [0.3, 0.4) is 0 Å². The molecular weight excluding hydrogens is 386 g/mol. The first kappa shape index (κ1) is 21.7. The fourth-order valence-corrected chi connectivity index (χ4v) is 5.17. The first-order valence-electron chi connectivity index (χ1n) is 10.3. The number of rotatable bonds is 8. The van der Waals surface area contributed by atoms with Crippen LogP contribution < -0.4 is 5.32 Å². The molecule has 1 fully saturated rings. The number of amides is 3. The third-order valence-electron chi connectivity index (χ3n) is 5.82. The predicted molar refractivity (Wildman–Crippen MR) is 114 cm³/mol. The Morgan fingerprint density at radius 3 is 2.31 bits per heavy atom. The highest BCUT2D eigenvalue weighted by Crippen LogP contribution is 2.37. The van der Waals surface area contributed by atoms with Crippen LogP contribution in [0.5, 0.6) is 0 Å². The van der Waals surface area contributed by atoms with Gasteiger partial charge in [0.25, 0.3) is 0 Å². The second-order valence-electron chi connectivity index (χ2n) is 8.59. The van der Waals surface area contributed by atoms with Crippen molar-refractivity contribution in [1.29, 1.82) is 0 Å². The van der Waals surface area contributed by atoms with Crippen molar-refractivity contribution < 1.29 is 14.4 Å². The molecule has 0 aromatic carbocycles. The fourth-order valence-electron chi connectivity index (χ4n) is 4.24. The third kappa shape index (κ3) is 4.61. The number of hydrogen-bond donors (Lipinski definition) is 1. The van der Waals surface area contributed by atoms with E-state index in [-0.39, 0.29) is 41.5 Å². The summed E-state index contributed by atoms with van der Waals surface area (Å²) in [7, 11) is 3.96. The van der Waals surface area contributed by atoms with Crippen LogP contribution in [0.25, 0.3) is 0 Å². The van der Waals surface area contributed by atoms with Gasteiger partial charge in [-0.2, -0.15) is 0 Å². The van der Waals surface area contributed by atoms with Crippen molar-refractivity contribution in [2.45, 2.75) is 45.2 Å². The molecular formula is C22H31N3O3S. The molecule has 1 N–H and O–H groups in total. The van der Waals surface area contributed by atoms with Crippen LogP contribution in [-0.4, -0.2) is 54.2 Å². The van der Waals surface area contributed by atoms with Gasteiger partial charge in [0.15, 0.2) is 0 Å². The monoisotopic (exact) mass is 417 g/mol. The second-order valence-corrected chi connectivity index (χ2v) is 9.57. The highest BCUT2D eigenvalue weighted by Gasteiger charge is 2.51. The van der Waals surface area contributed by atoms with Gasteiger partial charge in [0.2, 0.25) is 17.7 Å². The summed E-state index contributed by atoms with van der Waals surface area (Å²) < 4.78 is 0. The van der Waals surface area contributed by atoms with Gasteiger partial charge in [-0.05, 0) is 50.7 Å². The van der Waals surface area contributed by atoms with Gasteiger partial charge in [0.05, 0.1) is 17.9 Å². The molecule has 0 bridgehead atoms. The van der Waals surface area contributed by atoms with E-state index < -0.39 is 6.04 Å². The van der Waals surface area contributed by atoms with E-state index in [0.29, 0.717) is 25.8 Å². The van der Waals surface area contributed by atoms with Crippen LogP contribution in [0.4, 0.5) is 0 Å². The van der Waals surface area contributed by atoms with Gasteiger partial charge in [-0.25, -0.2) is 0 Å². The lowest BCUT2D eigenvalue weighted by Gasteiger charge is -2.29. The first-order chi connectivity index (χ1) is 13.8. The van der Waals surface area contributed by atoms with Gasteiger partial charge in [0.1, 0.15) is 6.04 Å². The van der Waals surface area contributed by atoms with Crippen LogP contribution in [0.1, 0.15) is 44.0 Å². The summed E-state index contributed by atoms with van der Waals surface area (Å²) in [6, 6.07) is 3.36. The van der Waals surface area contributed by atoms with E-state index in [1.54, 1.807) is 11.3 Å². The van der Waals surface area contributed by atoms with Crippen molar-refractivity contribution in [3.05, 3.63) is 34.5 Å². The van der Waals surface area contributed by atoms with E-state index in [1.165, 1.54) is 9.78 Å². The number of carbonyl (C=O) groups is 3. The molecule has 1 aromatic heterocycles. The van der Waals surface area contributed by atoms with Crippen molar-refractivity contribution in [2.24, 2.45) is 17.8 Å². The molecule has 158 valence electrons. The second kappa shape index (κ2) is 9.22. The molecule has 2 heterocycles. The van der Waals surface area contributed by atoms with Gasteiger partial charge in [-0.15, -0.1) is 11.3 Å². The molecule has 3 amide bonds. The fraction of sp³-hybridized carbons (Fsp3) is 0.591. The van der Waals surface area contributed by atoms with Crippen LogP contribution in [0, 0.1) is 17.8 Å². The van der Waals surface area contributed by atoms with E-state index in [2.05, 4.69) is 16.3 Å². The van der Waals surface area contributed by atoms with Crippen LogP contribution in [0.15, 0.2) is 29.7 Å². The topological polar surface area (TPSA) is 69.7 Å². The standard InChI is InChI=1S/C22H31N3O3S/c1-14(2)12-17(25-21(27)15-8-5-6-9-16(15)22(25)28)20(26)23-13-18(24(3)4)19-10-7-11-29-19/h5-7,10-11,14-18H,8-9,12-13H2,1-4H3,(H,23,26)/t15-,16-,17+,18+/m0/s1. The number of likely N-dealkylation sites (N-methyl/N-ethyl adjacent to an activating group) is 1. The number of fused-ring (bicyclic) bond motifs is 1. The maximum absolute atomic E-state index is 13.2. The minimum Gasteiger partial charge on any atom is -0.352 e. The number of allylic oxidation sites excluding steroid dienone is 2. The lowest BCUT2D eigenvalue weighted by molar-refractivity contribution is -0.148. The Balaban J connectivity index is 1.75. The van der Waals surface area contributed by atoms with Crippen LogP contribution in [-0.2, 0) is 14.4 Å². The Hall–Kier alpha value is -1.99. The molecule has 1 aromatic rings. The largest absolute Gasteiger partial charge is 0.352 e. The summed E-state index contributed by atoms with van der Waals surface area (Å²) in [4.78, 5) is 43.7. The number of likely N-dealkylation sites (tertiary alicyclic amines) is 1. The van der Waals surface area contributed by atoms with Gasteiger partial charge < -0.3 is 10.2 Å². The number of imide groups is 1. The maximum Gasteiger partial charge on any atom is 0.243 e. The molecule has 1 aliphatic carbocycles. The lowest BCUT2D eigenvalue weighted by atomic mass is 9.85. The van der Waals surface area contributed by atoms with Gasteiger partial charge in [-0.3, -0.25) is 19.3 Å². The van der Waals surface area contributed by atoms with Gasteiger partial charge in [0, 0.05) is 11.4 Å². The molecule has 7 heteroatoms. The van der Waals surface area contributed by atoms with E-state index in [0.717, 1.165) is 0 Å². The molecule has 2 aliphatic rings. The molecule has 3 rings (SSSR count). The highest BCUT2D eigenvalue weighted by molar-refractivity contribution is 7.10. The number of nitrogens with zero attached hydrogens (tertiary/aromatic N) is 2. The molecule has 6 nitrogen and oxygen atoms in total. The minimum absolute atomic E-state index is 0.0513. The summed E-state index contributed by atoms with van der Waals surface area (Å²) in [5.74, 6) is -1.05. The number of hydrogen-bond acceptors (Lipinski definition) is 5. The van der Waals surface area contributed by atoms with Crippen molar-refractivity contribution in [3.8, 4) is 0 Å². The predicted octanol–water partition coefficient (Wildman–Crippen LogP) is 2.83. The summed E-state index contributed by atoms with van der Waals surface area (Å²) in [6.07, 6.45) is 5.58. The highest BCUT2D eigenvalue weighted by atomic mass is 32.1. The number of carbonyl (C=O) groups excluding carboxylic acids is 3. The molecule has 0 unspecified atom stereocenters. The SMILES string of the molecule is CC(C)C[C@H](C(=O)NC[C@H](c1cccs1)N(C)C)N1C(=O)[C@H]2CC=CC[C@@H]2C1=O. The van der Waals surface area contributed by atoms with Crippen LogP contribution in [0.2, 0.25) is 0 Å². The Labute approximate surface area is 176 Å². The molecule has 29 heavy (non-hydrogen) atoms. The zero-order valence-corrected chi connectivity index (χ0v) is 18.4. The number of nitrogens with one attached hydrogen (secondary N) is 1. The Morgan fingerprint density at radius 2 is 1.83 bits per heavy atom. The van der Waals surface area contributed by atoms with Crippen molar-refractivity contribution in [3.63, 3.8) is 0 Å². The molecule has 0 radical (unpaired) electrons. The summed E-state index contributed by atoms with van der Waals surface area (Å²) in [5, 5.41) is 5.04. The van der Waals surface area contributed by atoms with Crippen molar-refractivity contribution in [2.75, 3.05) is 20.6 Å². The average molecular weight is 418 g/mol. The van der Waals surface area contributed by atoms with Gasteiger partial charge in [-0.1, -0.05) is 32.1 Å². The normalized spacial score (nSPS) is 23.6. The molecule has 1 aliphatic heterocycles. The smallest absolute Gasteiger partial charge is 0.243 e. The van der Waals surface area contributed by atoms with Crippen molar-refractivity contribution in [1.82, 2.24) is 15.1 Å². The molecule has 0 saturated carbocycles. The summed E-state index contributed by atoms with van der Waals surface area (Å²) in [6.45, 7) is 4.45. The van der Waals surface area contributed by atoms with Gasteiger partial charge >= 0.3 is 0 Å². The quantitative estimate of drug-likeness (QED) is 0.522. The maximum atomic E-state index is 13.2. The van der Waals surface area contributed by atoms with Crippen LogP contribution >= 0.6 is 11.3 Å². The summed E-state index contributed by atoms with van der Waals surface area (Å²) in [5.41, 5.74) is 0. The zero-order valence-electron chi connectivity index (χ0n) is 17.6. The molecule has 1 saturated heterocycles. The van der Waals surface area contributed by atoms with Crippen molar-refractivity contribution >= 4 is 29.1 Å². The Kier molecular flexibility index (Phi) is 6.90. The number of thiophene rings is 1. The average Bonchev–Trinajstić information content (AvgIpc) is 3.28. The molecule has 4 atom stereocenters. The lowest BCUT2D eigenvalue weighted by Crippen LogP contribution is -2.51. The van der Waals surface area contributed by atoms with E-state index in [9.17, 15) is 14.4 Å². The Morgan fingerprint density at radius 1 is 1.21 bits per heavy atom. The van der Waals surface area contributed by atoms with E-state index >= 15 is 0 Å². The van der Waals surface area contributed by atoms with E-state index in [1.807, 2.05) is 51.5 Å². The van der Waals surface area contributed by atoms with E-state index in [4.69, 9.17) is 0 Å². The Bertz CT molecular complexity index is 746. The third-order valence-corrected chi connectivity index (χ3v) is 6.79. The first-order valence-corrected chi connectivity index (χ1v) is 11.2.